The molecule has 0 aromatic rings. The van der Waals surface area contributed by atoms with Crippen LogP contribution in [0.15, 0.2) is 0 Å². The second kappa shape index (κ2) is 3.73. The Hall–Kier alpha value is -0.120. The Balaban J connectivity index is 1.65. The largest absolute Gasteiger partial charge is 0.393 e. The topological polar surface area (TPSA) is 38.7 Å². The van der Waals surface area contributed by atoms with Gasteiger partial charge in [-0.3, -0.25) is 0 Å². The van der Waals surface area contributed by atoms with Gasteiger partial charge in [-0.1, -0.05) is 0 Å². The summed E-state index contributed by atoms with van der Waals surface area (Å²) in [5, 5.41) is 9.04. The maximum atomic E-state index is 9.04. The number of hydrogen-bond donors (Lipinski definition) is 1. The van der Waals surface area contributed by atoms with Gasteiger partial charge in [0, 0.05) is 13.2 Å². The number of aliphatic hydroxyl groups excluding tert-OH is 1. The lowest BCUT2D eigenvalue weighted by Gasteiger charge is -2.35. The molecule has 2 aliphatic rings. The minimum absolute atomic E-state index is 0.102. The van der Waals surface area contributed by atoms with Gasteiger partial charge in [0.2, 0.25) is 0 Å². The molecule has 1 saturated carbocycles. The van der Waals surface area contributed by atoms with E-state index in [0.717, 1.165) is 38.9 Å². The zero-order valence-electron chi connectivity index (χ0n) is 7.24. The second-order valence-electron chi connectivity index (χ2n) is 3.70. The lowest BCUT2D eigenvalue weighted by Crippen LogP contribution is -2.39. The van der Waals surface area contributed by atoms with E-state index in [0.29, 0.717) is 12.2 Å². The number of ether oxygens (including phenoxy) is 2. The summed E-state index contributed by atoms with van der Waals surface area (Å²) >= 11 is 0. The van der Waals surface area contributed by atoms with Gasteiger partial charge in [-0.15, -0.1) is 0 Å². The number of rotatable bonds is 2. The Bertz CT molecular complexity index is 137. The van der Waals surface area contributed by atoms with Crippen molar-refractivity contribution in [2.24, 2.45) is 0 Å². The summed E-state index contributed by atoms with van der Waals surface area (Å²) < 4.78 is 11.0. The smallest absolute Gasteiger partial charge is 0.0628 e. The maximum Gasteiger partial charge on any atom is 0.0628 e. The van der Waals surface area contributed by atoms with Crippen LogP contribution in [0.4, 0.5) is 0 Å². The van der Waals surface area contributed by atoms with Crippen molar-refractivity contribution < 1.29 is 14.6 Å². The Morgan fingerprint density at radius 2 is 1.75 bits per heavy atom. The molecule has 0 spiro atoms. The minimum Gasteiger partial charge on any atom is -0.393 e. The van der Waals surface area contributed by atoms with E-state index in [-0.39, 0.29) is 6.10 Å². The Morgan fingerprint density at radius 1 is 1.08 bits per heavy atom. The molecular weight excluding hydrogens is 156 g/mol. The van der Waals surface area contributed by atoms with Crippen molar-refractivity contribution in [1.29, 1.82) is 0 Å². The molecule has 3 heteroatoms. The summed E-state index contributed by atoms with van der Waals surface area (Å²) in [5.74, 6) is 0. The zero-order chi connectivity index (χ0) is 8.39. The Labute approximate surface area is 72.7 Å². The molecule has 12 heavy (non-hydrogen) atoms. The van der Waals surface area contributed by atoms with E-state index in [1.54, 1.807) is 0 Å². The first-order valence-electron chi connectivity index (χ1n) is 4.76. The van der Waals surface area contributed by atoms with Gasteiger partial charge in [-0.25, -0.2) is 0 Å². The van der Waals surface area contributed by atoms with Crippen LogP contribution in [-0.2, 0) is 9.47 Å². The molecule has 1 aliphatic carbocycles. The highest BCUT2D eigenvalue weighted by Gasteiger charge is 2.30. The second-order valence-corrected chi connectivity index (χ2v) is 3.70. The van der Waals surface area contributed by atoms with E-state index < -0.39 is 0 Å². The third kappa shape index (κ3) is 1.97. The third-order valence-corrected chi connectivity index (χ3v) is 2.62. The van der Waals surface area contributed by atoms with Crippen molar-refractivity contribution >= 4 is 0 Å². The molecule has 1 aliphatic heterocycles. The Morgan fingerprint density at radius 3 is 2.33 bits per heavy atom. The summed E-state index contributed by atoms with van der Waals surface area (Å²) in [7, 11) is 0. The van der Waals surface area contributed by atoms with Crippen LogP contribution < -0.4 is 0 Å². The van der Waals surface area contributed by atoms with E-state index >= 15 is 0 Å². The molecule has 2 fully saturated rings. The number of hydrogen-bond acceptors (Lipinski definition) is 3. The standard InChI is InChI=1S/C9H16O3/c10-7-5-9(6-7)12-8-1-3-11-4-2-8/h7-10H,1-6H2. The highest BCUT2D eigenvalue weighted by molar-refractivity contribution is 4.80. The summed E-state index contributed by atoms with van der Waals surface area (Å²) in [6, 6.07) is 0. The van der Waals surface area contributed by atoms with Gasteiger partial charge in [-0.2, -0.15) is 0 Å². The average Bonchev–Trinajstić information content (AvgIpc) is 2.04. The van der Waals surface area contributed by atoms with E-state index in [1.807, 2.05) is 0 Å². The van der Waals surface area contributed by atoms with E-state index in [9.17, 15) is 0 Å². The van der Waals surface area contributed by atoms with Crippen LogP contribution in [0, 0.1) is 0 Å². The monoisotopic (exact) mass is 172 g/mol. The fraction of sp³-hybridized carbons (Fsp3) is 1.00. The first-order chi connectivity index (χ1) is 5.84. The van der Waals surface area contributed by atoms with Crippen LogP contribution in [0.5, 0.6) is 0 Å². The Kier molecular flexibility index (Phi) is 2.63. The van der Waals surface area contributed by atoms with Gasteiger partial charge in [0.25, 0.3) is 0 Å². The minimum atomic E-state index is -0.102. The average molecular weight is 172 g/mol. The molecule has 3 nitrogen and oxygen atoms in total. The van der Waals surface area contributed by atoms with E-state index in [4.69, 9.17) is 14.6 Å². The SMILES string of the molecule is OC1CC(OC2CCOCC2)C1. The molecule has 0 radical (unpaired) electrons. The molecule has 0 aromatic heterocycles. The van der Waals surface area contributed by atoms with Gasteiger partial charge < -0.3 is 14.6 Å². The van der Waals surface area contributed by atoms with Crippen molar-refractivity contribution in [3.8, 4) is 0 Å². The van der Waals surface area contributed by atoms with Crippen LogP contribution in [0.3, 0.4) is 0 Å². The third-order valence-electron chi connectivity index (χ3n) is 2.62. The predicted octanol–water partition coefficient (Wildman–Crippen LogP) is 0.705. The summed E-state index contributed by atoms with van der Waals surface area (Å²) in [4.78, 5) is 0. The van der Waals surface area contributed by atoms with Gasteiger partial charge in [0.1, 0.15) is 0 Å². The van der Waals surface area contributed by atoms with Gasteiger partial charge in [0.15, 0.2) is 0 Å². The van der Waals surface area contributed by atoms with Crippen molar-refractivity contribution in [3.63, 3.8) is 0 Å². The number of aliphatic hydroxyl groups is 1. The molecule has 0 atom stereocenters. The zero-order valence-corrected chi connectivity index (χ0v) is 7.24. The van der Waals surface area contributed by atoms with Crippen molar-refractivity contribution in [2.45, 2.75) is 44.0 Å². The molecule has 2 rings (SSSR count). The van der Waals surface area contributed by atoms with Crippen LogP contribution >= 0.6 is 0 Å². The molecule has 0 bridgehead atoms. The highest BCUT2D eigenvalue weighted by Crippen LogP contribution is 2.26. The first-order valence-corrected chi connectivity index (χ1v) is 4.76. The first kappa shape index (κ1) is 8.48. The van der Waals surface area contributed by atoms with Gasteiger partial charge in [-0.05, 0) is 25.7 Å². The van der Waals surface area contributed by atoms with Crippen LogP contribution in [-0.4, -0.2) is 36.6 Å². The normalized spacial score (nSPS) is 37.8. The fourth-order valence-electron chi connectivity index (χ4n) is 1.73. The molecule has 1 heterocycles. The van der Waals surface area contributed by atoms with Crippen molar-refractivity contribution in [2.75, 3.05) is 13.2 Å². The maximum absolute atomic E-state index is 9.04. The quantitative estimate of drug-likeness (QED) is 0.666. The molecule has 1 saturated heterocycles. The summed E-state index contributed by atoms with van der Waals surface area (Å²) in [6.07, 6.45) is 4.31. The summed E-state index contributed by atoms with van der Waals surface area (Å²) in [6.45, 7) is 1.67. The lowest BCUT2D eigenvalue weighted by molar-refractivity contribution is -0.127. The molecule has 0 unspecified atom stereocenters. The van der Waals surface area contributed by atoms with Gasteiger partial charge in [0.05, 0.1) is 18.3 Å². The van der Waals surface area contributed by atoms with E-state index in [2.05, 4.69) is 0 Å². The van der Waals surface area contributed by atoms with Crippen LogP contribution in [0.25, 0.3) is 0 Å². The van der Waals surface area contributed by atoms with Crippen molar-refractivity contribution in [1.82, 2.24) is 0 Å². The highest BCUT2D eigenvalue weighted by atomic mass is 16.5. The van der Waals surface area contributed by atoms with Crippen LogP contribution in [0.2, 0.25) is 0 Å². The van der Waals surface area contributed by atoms with E-state index in [1.165, 1.54) is 0 Å². The summed E-state index contributed by atoms with van der Waals surface area (Å²) in [5.41, 5.74) is 0. The van der Waals surface area contributed by atoms with Crippen molar-refractivity contribution in [3.05, 3.63) is 0 Å². The lowest BCUT2D eigenvalue weighted by atomic mass is 9.92. The molecule has 0 amide bonds. The molecule has 0 aromatic carbocycles. The van der Waals surface area contributed by atoms with Gasteiger partial charge >= 0.3 is 0 Å². The molecule has 70 valence electrons. The molecule has 1 N–H and O–H groups in total. The molecular formula is C9H16O3. The van der Waals surface area contributed by atoms with Crippen LogP contribution in [0.1, 0.15) is 25.7 Å². The predicted molar refractivity (Wildman–Crippen MR) is 44.0 cm³/mol. The fourth-order valence-corrected chi connectivity index (χ4v) is 1.73.